The van der Waals surface area contributed by atoms with E-state index < -0.39 is 23.0 Å². The van der Waals surface area contributed by atoms with E-state index in [1.807, 2.05) is 0 Å². The summed E-state index contributed by atoms with van der Waals surface area (Å²) < 4.78 is 5.42. The zero-order valence-corrected chi connectivity index (χ0v) is 8.25. The molecular weight excluding hydrogens is 214 g/mol. The van der Waals surface area contributed by atoms with E-state index in [4.69, 9.17) is 0 Å². The van der Waals surface area contributed by atoms with E-state index in [2.05, 4.69) is 14.7 Å². The van der Waals surface area contributed by atoms with Crippen molar-refractivity contribution < 1.29 is 14.6 Å². The molecule has 82 valence electrons. The summed E-state index contributed by atoms with van der Waals surface area (Å²) in [7, 11) is 1.11. The Morgan fingerprint density at radius 1 is 1.56 bits per heavy atom. The molecule has 7 heteroatoms. The number of hydrogen-bond donors (Lipinski definition) is 1. The number of methoxy groups -OCH3 is 1. The van der Waals surface area contributed by atoms with Gasteiger partial charge in [0.25, 0.3) is 5.56 Å². The van der Waals surface area contributed by atoms with Gasteiger partial charge in [-0.1, -0.05) is 0 Å². The Balaban J connectivity index is 2.86. The number of nitrogens with zero attached hydrogens (tertiary/aromatic N) is 3. The van der Waals surface area contributed by atoms with Crippen LogP contribution in [0.5, 0.6) is 5.88 Å². The summed E-state index contributed by atoms with van der Waals surface area (Å²) >= 11 is 0. The van der Waals surface area contributed by atoms with Gasteiger partial charge in [-0.15, -0.1) is 0 Å². The van der Waals surface area contributed by atoms with E-state index >= 15 is 0 Å². The fraction of sp³-hybridized carbons (Fsp3) is 0.111. The van der Waals surface area contributed by atoms with Crippen LogP contribution in [0.1, 0.15) is 10.4 Å². The average molecular weight is 221 g/mol. The van der Waals surface area contributed by atoms with Crippen LogP contribution >= 0.6 is 0 Å². The third-order valence-electron chi connectivity index (χ3n) is 1.98. The highest BCUT2D eigenvalue weighted by Crippen LogP contribution is 2.10. The van der Waals surface area contributed by atoms with Gasteiger partial charge in [-0.2, -0.15) is 4.98 Å². The number of fused-ring (bicyclic) bond motifs is 1. The molecule has 2 aromatic rings. The number of carbonyl (C=O) groups is 1. The van der Waals surface area contributed by atoms with Crippen molar-refractivity contribution in [3.8, 4) is 5.88 Å². The zero-order chi connectivity index (χ0) is 11.7. The van der Waals surface area contributed by atoms with E-state index in [0.29, 0.717) is 0 Å². The van der Waals surface area contributed by atoms with Crippen molar-refractivity contribution in [3.05, 3.63) is 34.4 Å². The molecule has 1 N–H and O–H groups in total. The molecule has 0 fully saturated rings. The van der Waals surface area contributed by atoms with E-state index in [9.17, 15) is 14.7 Å². The van der Waals surface area contributed by atoms with Crippen molar-refractivity contribution in [1.82, 2.24) is 14.4 Å². The molecule has 0 amide bonds. The fourth-order valence-electron chi connectivity index (χ4n) is 1.25. The van der Waals surface area contributed by atoms with Crippen LogP contribution in [0.4, 0.5) is 0 Å². The van der Waals surface area contributed by atoms with Crippen molar-refractivity contribution in [2.75, 3.05) is 7.11 Å². The van der Waals surface area contributed by atoms with Gasteiger partial charge < -0.3 is 9.84 Å². The van der Waals surface area contributed by atoms with Crippen LogP contribution in [0.3, 0.4) is 0 Å². The summed E-state index contributed by atoms with van der Waals surface area (Å²) in [5.74, 6) is -1.61. The lowest BCUT2D eigenvalue weighted by Crippen LogP contribution is -2.24. The van der Waals surface area contributed by atoms with E-state index in [-0.39, 0.29) is 5.78 Å². The molecule has 0 aliphatic rings. The molecular formula is C9H7N3O4. The third kappa shape index (κ3) is 1.38. The van der Waals surface area contributed by atoms with Crippen LogP contribution < -0.4 is 5.56 Å². The maximum Gasteiger partial charge on any atom is 0.349 e. The van der Waals surface area contributed by atoms with E-state index in [1.165, 1.54) is 18.5 Å². The molecule has 0 saturated heterocycles. The lowest BCUT2D eigenvalue weighted by molar-refractivity contribution is 0.0594. The first-order chi connectivity index (χ1) is 7.65. The zero-order valence-electron chi connectivity index (χ0n) is 8.25. The Labute approximate surface area is 89.0 Å². The number of aromatic hydroxyl groups is 1. The van der Waals surface area contributed by atoms with Crippen LogP contribution in [0, 0.1) is 0 Å². The fourth-order valence-corrected chi connectivity index (χ4v) is 1.25. The van der Waals surface area contributed by atoms with Gasteiger partial charge in [-0.3, -0.25) is 9.20 Å². The van der Waals surface area contributed by atoms with Crippen molar-refractivity contribution in [3.63, 3.8) is 0 Å². The molecule has 0 radical (unpaired) electrons. The normalized spacial score (nSPS) is 10.3. The second kappa shape index (κ2) is 3.61. The van der Waals surface area contributed by atoms with Crippen molar-refractivity contribution in [2.45, 2.75) is 0 Å². The Morgan fingerprint density at radius 3 is 3.00 bits per heavy atom. The predicted molar refractivity (Wildman–Crippen MR) is 52.3 cm³/mol. The average Bonchev–Trinajstić information content (AvgIpc) is 2.28. The molecule has 0 aliphatic heterocycles. The first-order valence-electron chi connectivity index (χ1n) is 4.30. The Bertz CT molecular complexity index is 620. The largest absolute Gasteiger partial charge is 0.492 e. The van der Waals surface area contributed by atoms with Gasteiger partial charge in [0.15, 0.2) is 5.56 Å². The summed E-state index contributed by atoms with van der Waals surface area (Å²) in [6.07, 6.45) is 2.81. The second-order valence-electron chi connectivity index (χ2n) is 2.90. The maximum atomic E-state index is 11.8. The number of hydrogen-bond acceptors (Lipinski definition) is 6. The molecule has 0 aliphatic carbocycles. The van der Waals surface area contributed by atoms with E-state index in [1.54, 1.807) is 0 Å². The minimum absolute atomic E-state index is 0.0117. The standard InChI is InChI=1S/C9H7N3O4/c1-16-8(15)5-6(13)11-9-10-3-2-4-12(9)7(5)14/h2-4,13H,1H3. The highest BCUT2D eigenvalue weighted by Gasteiger charge is 2.20. The predicted octanol–water partition coefficient (Wildman–Crippen LogP) is -0.418. The van der Waals surface area contributed by atoms with Crippen molar-refractivity contribution >= 4 is 11.7 Å². The minimum atomic E-state index is -0.937. The molecule has 0 saturated carbocycles. The molecule has 16 heavy (non-hydrogen) atoms. The molecule has 2 heterocycles. The molecule has 2 rings (SSSR count). The SMILES string of the molecule is COC(=O)c1c(O)nc2ncccn2c1=O. The first-order valence-corrected chi connectivity index (χ1v) is 4.30. The van der Waals surface area contributed by atoms with Crippen LogP contribution in [0.25, 0.3) is 5.78 Å². The highest BCUT2D eigenvalue weighted by molar-refractivity contribution is 5.91. The van der Waals surface area contributed by atoms with Gasteiger partial charge in [0.05, 0.1) is 7.11 Å². The summed E-state index contributed by atoms with van der Waals surface area (Å²) in [5, 5.41) is 9.43. The number of esters is 1. The lowest BCUT2D eigenvalue weighted by atomic mass is 10.3. The summed E-state index contributed by atoms with van der Waals surface area (Å²) in [6.45, 7) is 0. The quantitative estimate of drug-likeness (QED) is 0.657. The molecule has 0 aromatic carbocycles. The third-order valence-corrected chi connectivity index (χ3v) is 1.98. The van der Waals surface area contributed by atoms with Gasteiger partial charge in [0, 0.05) is 12.4 Å². The molecule has 0 spiro atoms. The van der Waals surface area contributed by atoms with E-state index in [0.717, 1.165) is 11.5 Å². The van der Waals surface area contributed by atoms with Gasteiger partial charge >= 0.3 is 5.97 Å². The number of ether oxygens (including phenoxy) is 1. The number of aromatic nitrogens is 3. The molecule has 2 aromatic heterocycles. The smallest absolute Gasteiger partial charge is 0.349 e. The van der Waals surface area contributed by atoms with Gasteiger partial charge in [0.1, 0.15) is 0 Å². The first kappa shape index (κ1) is 10.1. The molecule has 7 nitrogen and oxygen atoms in total. The van der Waals surface area contributed by atoms with Crippen molar-refractivity contribution in [1.29, 1.82) is 0 Å². The van der Waals surface area contributed by atoms with Crippen LogP contribution in [-0.2, 0) is 4.74 Å². The Morgan fingerprint density at radius 2 is 2.31 bits per heavy atom. The lowest BCUT2D eigenvalue weighted by Gasteiger charge is -2.03. The van der Waals surface area contributed by atoms with Crippen LogP contribution in [-0.4, -0.2) is 32.6 Å². The summed E-state index contributed by atoms with van der Waals surface area (Å²) in [6, 6.07) is 1.51. The maximum absolute atomic E-state index is 11.8. The summed E-state index contributed by atoms with van der Waals surface area (Å²) in [4.78, 5) is 30.4. The second-order valence-corrected chi connectivity index (χ2v) is 2.90. The van der Waals surface area contributed by atoms with Gasteiger partial charge in [0.2, 0.25) is 11.7 Å². The molecule has 0 bridgehead atoms. The Hall–Kier alpha value is -2.44. The number of carbonyl (C=O) groups excluding carboxylic acids is 1. The van der Waals surface area contributed by atoms with Crippen LogP contribution in [0.2, 0.25) is 0 Å². The van der Waals surface area contributed by atoms with Gasteiger partial charge in [-0.25, -0.2) is 9.78 Å². The number of rotatable bonds is 1. The minimum Gasteiger partial charge on any atom is -0.492 e. The highest BCUT2D eigenvalue weighted by atomic mass is 16.5. The molecule has 0 unspecified atom stereocenters. The van der Waals surface area contributed by atoms with Gasteiger partial charge in [-0.05, 0) is 6.07 Å². The van der Waals surface area contributed by atoms with Crippen molar-refractivity contribution in [2.24, 2.45) is 0 Å². The molecule has 0 atom stereocenters. The van der Waals surface area contributed by atoms with Crippen LogP contribution in [0.15, 0.2) is 23.3 Å². The Kier molecular flexibility index (Phi) is 2.28. The topological polar surface area (TPSA) is 93.8 Å². The monoisotopic (exact) mass is 221 g/mol. The summed E-state index contributed by atoms with van der Waals surface area (Å²) in [5.41, 5.74) is -1.23.